The maximum absolute atomic E-state index is 11.5. The summed E-state index contributed by atoms with van der Waals surface area (Å²) in [6.07, 6.45) is 4.55. The summed E-state index contributed by atoms with van der Waals surface area (Å²) in [6.45, 7) is 7.27. The van der Waals surface area contributed by atoms with Crippen LogP contribution in [-0.4, -0.2) is 18.2 Å². The number of allylic oxidation sites excluding steroid dienone is 2. The fraction of sp³-hybridized carbons (Fsp3) is 0.214. The quantitative estimate of drug-likeness (QED) is 0.627. The minimum Gasteiger partial charge on any atom is -0.507 e. The van der Waals surface area contributed by atoms with Gasteiger partial charge in [-0.3, -0.25) is 0 Å². The summed E-state index contributed by atoms with van der Waals surface area (Å²) in [5.74, 6) is -0.580. The highest BCUT2D eigenvalue weighted by molar-refractivity contribution is 5.93. The Bertz CT molecular complexity index is 447. The van der Waals surface area contributed by atoms with Crippen molar-refractivity contribution < 1.29 is 14.6 Å². The first-order chi connectivity index (χ1) is 8.13. The highest BCUT2D eigenvalue weighted by atomic mass is 16.5. The zero-order valence-electron chi connectivity index (χ0n) is 9.90. The Balaban J connectivity index is 3.30. The molecule has 0 bridgehead atoms. The predicted molar refractivity (Wildman–Crippen MR) is 67.2 cm³/mol. The molecule has 0 radical (unpaired) electrons. The van der Waals surface area contributed by atoms with Crippen LogP contribution in [0.3, 0.4) is 0 Å². The van der Waals surface area contributed by atoms with Crippen molar-refractivity contribution in [3.63, 3.8) is 0 Å². The zero-order chi connectivity index (χ0) is 12.8. The Morgan fingerprint density at radius 2 is 2.00 bits per heavy atom. The number of phenolic OH excluding ortho intramolecular Hbond substituents is 1. The van der Waals surface area contributed by atoms with Crippen molar-refractivity contribution in [3.05, 3.63) is 54.1 Å². The standard InChI is InChI=1S/C14H16O3/c1-4-6-10-8-11(7-5-2)13(15)12(9-10)14(16)17-3/h4-5,8-9,15H,1-2,6-7H2,3H3. The Kier molecular flexibility index (Phi) is 4.52. The van der Waals surface area contributed by atoms with E-state index in [1.165, 1.54) is 7.11 Å². The van der Waals surface area contributed by atoms with E-state index in [-0.39, 0.29) is 11.3 Å². The van der Waals surface area contributed by atoms with E-state index in [9.17, 15) is 9.90 Å². The smallest absolute Gasteiger partial charge is 0.341 e. The van der Waals surface area contributed by atoms with Crippen molar-refractivity contribution in [2.75, 3.05) is 7.11 Å². The molecule has 1 rings (SSSR count). The molecule has 3 nitrogen and oxygen atoms in total. The lowest BCUT2D eigenvalue weighted by Gasteiger charge is -2.10. The number of hydrogen-bond donors (Lipinski definition) is 1. The summed E-state index contributed by atoms with van der Waals surface area (Å²) < 4.78 is 4.63. The van der Waals surface area contributed by atoms with Crippen LogP contribution in [0.1, 0.15) is 21.5 Å². The van der Waals surface area contributed by atoms with Crippen LogP contribution < -0.4 is 0 Å². The van der Waals surface area contributed by atoms with Gasteiger partial charge >= 0.3 is 5.97 Å². The molecule has 1 aromatic carbocycles. The lowest BCUT2D eigenvalue weighted by Crippen LogP contribution is -2.04. The molecule has 90 valence electrons. The van der Waals surface area contributed by atoms with Crippen LogP contribution in [0.4, 0.5) is 0 Å². The SMILES string of the molecule is C=CCc1cc(CC=C)c(O)c(C(=O)OC)c1. The maximum atomic E-state index is 11.5. The van der Waals surface area contributed by atoms with E-state index in [1.54, 1.807) is 18.2 Å². The van der Waals surface area contributed by atoms with Gasteiger partial charge < -0.3 is 9.84 Å². The number of ether oxygens (including phenoxy) is 1. The summed E-state index contributed by atoms with van der Waals surface area (Å²) in [5.41, 5.74) is 1.76. The number of esters is 1. The van der Waals surface area contributed by atoms with Crippen molar-refractivity contribution in [2.24, 2.45) is 0 Å². The van der Waals surface area contributed by atoms with E-state index in [1.807, 2.05) is 6.07 Å². The van der Waals surface area contributed by atoms with Crippen molar-refractivity contribution in [1.29, 1.82) is 0 Å². The zero-order valence-corrected chi connectivity index (χ0v) is 9.90. The number of aromatic hydroxyl groups is 1. The van der Waals surface area contributed by atoms with E-state index in [0.717, 1.165) is 5.56 Å². The molecule has 0 saturated carbocycles. The van der Waals surface area contributed by atoms with Gasteiger partial charge in [-0.15, -0.1) is 13.2 Å². The van der Waals surface area contributed by atoms with Crippen molar-refractivity contribution >= 4 is 5.97 Å². The molecular weight excluding hydrogens is 216 g/mol. The third kappa shape index (κ3) is 2.97. The molecule has 0 aliphatic rings. The molecular formula is C14H16O3. The van der Waals surface area contributed by atoms with E-state index < -0.39 is 5.97 Å². The third-order valence-electron chi connectivity index (χ3n) is 2.40. The van der Waals surface area contributed by atoms with Crippen LogP contribution in [0, 0.1) is 0 Å². The first-order valence-electron chi connectivity index (χ1n) is 5.28. The molecule has 0 fully saturated rings. The average molecular weight is 232 g/mol. The Hall–Kier alpha value is -2.03. The number of carbonyl (C=O) groups excluding carboxylic acids is 1. The van der Waals surface area contributed by atoms with Gasteiger partial charge in [0.05, 0.1) is 7.11 Å². The van der Waals surface area contributed by atoms with Crippen molar-refractivity contribution in [3.8, 4) is 5.75 Å². The van der Waals surface area contributed by atoms with Crippen LogP contribution in [0.25, 0.3) is 0 Å². The van der Waals surface area contributed by atoms with Crippen LogP contribution >= 0.6 is 0 Å². The second-order valence-electron chi connectivity index (χ2n) is 3.63. The number of methoxy groups -OCH3 is 1. The van der Waals surface area contributed by atoms with Gasteiger partial charge in [0.1, 0.15) is 11.3 Å². The van der Waals surface area contributed by atoms with E-state index in [0.29, 0.717) is 18.4 Å². The van der Waals surface area contributed by atoms with Gasteiger partial charge in [-0.05, 0) is 30.0 Å². The minimum atomic E-state index is -0.543. The molecule has 0 heterocycles. The van der Waals surface area contributed by atoms with Gasteiger partial charge in [0, 0.05) is 0 Å². The van der Waals surface area contributed by atoms with Gasteiger partial charge in [0.2, 0.25) is 0 Å². The first-order valence-corrected chi connectivity index (χ1v) is 5.28. The number of benzene rings is 1. The number of rotatable bonds is 5. The average Bonchev–Trinajstić information content (AvgIpc) is 2.32. The van der Waals surface area contributed by atoms with Crippen LogP contribution in [-0.2, 0) is 17.6 Å². The normalized spacial score (nSPS) is 9.71. The number of carbonyl (C=O) groups is 1. The largest absolute Gasteiger partial charge is 0.507 e. The summed E-state index contributed by atoms with van der Waals surface area (Å²) in [7, 11) is 1.29. The Morgan fingerprint density at radius 1 is 1.35 bits per heavy atom. The third-order valence-corrected chi connectivity index (χ3v) is 2.40. The number of phenols is 1. The molecule has 0 amide bonds. The topological polar surface area (TPSA) is 46.5 Å². The van der Waals surface area contributed by atoms with Gasteiger partial charge in [0.15, 0.2) is 0 Å². The summed E-state index contributed by atoms with van der Waals surface area (Å²) >= 11 is 0. The molecule has 0 aliphatic carbocycles. The van der Waals surface area contributed by atoms with Gasteiger partial charge in [-0.25, -0.2) is 4.79 Å². The summed E-state index contributed by atoms with van der Waals surface area (Å²) in [5, 5.41) is 9.94. The predicted octanol–water partition coefficient (Wildman–Crippen LogP) is 2.64. The summed E-state index contributed by atoms with van der Waals surface area (Å²) in [4.78, 5) is 11.5. The van der Waals surface area contributed by atoms with Crippen molar-refractivity contribution in [2.45, 2.75) is 12.8 Å². The molecule has 1 aromatic rings. The Morgan fingerprint density at radius 3 is 2.53 bits per heavy atom. The fourth-order valence-corrected chi connectivity index (χ4v) is 1.62. The van der Waals surface area contributed by atoms with Crippen LogP contribution in [0.2, 0.25) is 0 Å². The molecule has 3 heteroatoms. The second-order valence-corrected chi connectivity index (χ2v) is 3.63. The summed E-state index contributed by atoms with van der Waals surface area (Å²) in [6, 6.07) is 3.46. The monoisotopic (exact) mass is 232 g/mol. The molecule has 0 atom stereocenters. The number of hydrogen-bond acceptors (Lipinski definition) is 3. The molecule has 0 aromatic heterocycles. The van der Waals surface area contributed by atoms with E-state index in [2.05, 4.69) is 17.9 Å². The first kappa shape index (κ1) is 13.0. The highest BCUT2D eigenvalue weighted by Gasteiger charge is 2.15. The second kappa shape index (κ2) is 5.89. The van der Waals surface area contributed by atoms with Gasteiger partial charge in [0.25, 0.3) is 0 Å². The van der Waals surface area contributed by atoms with Crippen LogP contribution in [0.5, 0.6) is 5.75 Å². The molecule has 1 N–H and O–H groups in total. The lowest BCUT2D eigenvalue weighted by molar-refractivity contribution is 0.0597. The van der Waals surface area contributed by atoms with E-state index in [4.69, 9.17) is 0 Å². The maximum Gasteiger partial charge on any atom is 0.341 e. The fourth-order valence-electron chi connectivity index (χ4n) is 1.62. The molecule has 0 spiro atoms. The van der Waals surface area contributed by atoms with E-state index >= 15 is 0 Å². The van der Waals surface area contributed by atoms with Crippen molar-refractivity contribution in [1.82, 2.24) is 0 Å². The highest BCUT2D eigenvalue weighted by Crippen LogP contribution is 2.26. The lowest BCUT2D eigenvalue weighted by atomic mass is 10.00. The molecule has 0 saturated heterocycles. The molecule has 0 aliphatic heterocycles. The van der Waals surface area contributed by atoms with Gasteiger partial charge in [-0.2, -0.15) is 0 Å². The Labute approximate surface area is 101 Å². The van der Waals surface area contributed by atoms with Gasteiger partial charge in [-0.1, -0.05) is 18.2 Å². The molecule has 0 unspecified atom stereocenters. The molecule has 17 heavy (non-hydrogen) atoms. The minimum absolute atomic E-state index is 0.0374. The van der Waals surface area contributed by atoms with Crippen LogP contribution in [0.15, 0.2) is 37.4 Å².